The molecule has 1 amide bonds. The first-order valence-corrected chi connectivity index (χ1v) is 6.08. The van der Waals surface area contributed by atoms with Gasteiger partial charge in [0.2, 0.25) is 11.8 Å². The van der Waals surface area contributed by atoms with Crippen LogP contribution in [-0.2, 0) is 6.54 Å². The Morgan fingerprint density at radius 1 is 1.50 bits per heavy atom. The Morgan fingerprint density at radius 2 is 2.25 bits per heavy atom. The maximum Gasteiger partial charge on any atom is 0.291 e. The molecule has 0 unspecified atom stereocenters. The molecule has 0 aliphatic rings. The number of aromatic amines is 1. The molecule has 0 radical (unpaired) electrons. The van der Waals surface area contributed by atoms with Crippen LogP contribution in [0.3, 0.4) is 0 Å². The van der Waals surface area contributed by atoms with Gasteiger partial charge in [0.15, 0.2) is 0 Å². The molecule has 1 aromatic heterocycles. The van der Waals surface area contributed by atoms with Crippen LogP contribution in [0.5, 0.6) is 5.75 Å². The SMILES string of the molecule is COc1ccc(C)cc1CN(C)C(=O)c1nc(N)n[nH]1. The Morgan fingerprint density at radius 3 is 2.85 bits per heavy atom. The number of nitrogen functional groups attached to an aromatic ring is 1. The quantitative estimate of drug-likeness (QED) is 0.866. The molecule has 0 spiro atoms. The number of ether oxygens (including phenoxy) is 1. The molecule has 0 saturated carbocycles. The molecule has 0 atom stereocenters. The highest BCUT2D eigenvalue weighted by Gasteiger charge is 2.17. The molecule has 1 aromatic carbocycles. The molecular weight excluding hydrogens is 258 g/mol. The molecule has 20 heavy (non-hydrogen) atoms. The number of methoxy groups -OCH3 is 1. The predicted octanol–water partition coefficient (Wildman–Crippen LogP) is 0.976. The van der Waals surface area contributed by atoms with Crippen LogP contribution in [-0.4, -0.2) is 40.1 Å². The lowest BCUT2D eigenvalue weighted by Crippen LogP contribution is -2.27. The zero-order valence-corrected chi connectivity index (χ0v) is 11.7. The molecule has 2 rings (SSSR count). The lowest BCUT2D eigenvalue weighted by atomic mass is 10.1. The second-order valence-electron chi connectivity index (χ2n) is 4.52. The molecule has 0 fully saturated rings. The Hall–Kier alpha value is -2.57. The van der Waals surface area contributed by atoms with Crippen molar-refractivity contribution in [2.24, 2.45) is 0 Å². The van der Waals surface area contributed by atoms with Crippen molar-refractivity contribution in [2.45, 2.75) is 13.5 Å². The number of carbonyl (C=O) groups is 1. The summed E-state index contributed by atoms with van der Waals surface area (Å²) in [7, 11) is 3.29. The van der Waals surface area contributed by atoms with E-state index in [4.69, 9.17) is 10.5 Å². The minimum atomic E-state index is -0.280. The predicted molar refractivity (Wildman–Crippen MR) is 74.3 cm³/mol. The molecule has 3 N–H and O–H groups in total. The van der Waals surface area contributed by atoms with Gasteiger partial charge in [0.25, 0.3) is 5.91 Å². The summed E-state index contributed by atoms with van der Waals surface area (Å²) in [5.74, 6) is 0.636. The first-order valence-electron chi connectivity index (χ1n) is 6.08. The van der Waals surface area contributed by atoms with Crippen molar-refractivity contribution in [1.29, 1.82) is 0 Å². The van der Waals surface area contributed by atoms with Gasteiger partial charge in [0, 0.05) is 19.2 Å². The number of benzene rings is 1. The summed E-state index contributed by atoms with van der Waals surface area (Å²) in [5, 5.41) is 6.15. The van der Waals surface area contributed by atoms with Crippen LogP contribution in [0.4, 0.5) is 5.95 Å². The normalized spacial score (nSPS) is 10.3. The zero-order chi connectivity index (χ0) is 14.7. The van der Waals surface area contributed by atoms with Gasteiger partial charge >= 0.3 is 0 Å². The van der Waals surface area contributed by atoms with E-state index >= 15 is 0 Å². The number of amides is 1. The molecular formula is C13H17N5O2. The van der Waals surface area contributed by atoms with Crippen LogP contribution in [0.15, 0.2) is 18.2 Å². The Labute approximate surface area is 116 Å². The zero-order valence-electron chi connectivity index (χ0n) is 11.7. The van der Waals surface area contributed by atoms with Crippen molar-refractivity contribution in [3.63, 3.8) is 0 Å². The monoisotopic (exact) mass is 275 g/mol. The maximum absolute atomic E-state index is 12.1. The molecule has 0 saturated heterocycles. The van der Waals surface area contributed by atoms with Crippen molar-refractivity contribution in [3.05, 3.63) is 35.2 Å². The number of H-pyrrole nitrogens is 1. The van der Waals surface area contributed by atoms with E-state index in [9.17, 15) is 4.79 Å². The third-order valence-electron chi connectivity index (χ3n) is 2.90. The molecule has 0 aliphatic heterocycles. The summed E-state index contributed by atoms with van der Waals surface area (Å²) >= 11 is 0. The van der Waals surface area contributed by atoms with Gasteiger partial charge in [-0.25, -0.2) is 0 Å². The van der Waals surface area contributed by atoms with Gasteiger partial charge in [-0.2, -0.15) is 4.98 Å². The Balaban J connectivity index is 2.17. The van der Waals surface area contributed by atoms with Crippen molar-refractivity contribution in [2.75, 3.05) is 19.9 Å². The third-order valence-corrected chi connectivity index (χ3v) is 2.90. The van der Waals surface area contributed by atoms with E-state index in [0.29, 0.717) is 6.54 Å². The van der Waals surface area contributed by atoms with Crippen molar-refractivity contribution in [3.8, 4) is 5.75 Å². The van der Waals surface area contributed by atoms with Gasteiger partial charge in [0.1, 0.15) is 5.75 Å². The van der Waals surface area contributed by atoms with Crippen LogP contribution in [0.2, 0.25) is 0 Å². The number of aryl methyl sites for hydroxylation is 1. The number of nitrogens with zero attached hydrogens (tertiary/aromatic N) is 3. The highest BCUT2D eigenvalue weighted by Crippen LogP contribution is 2.21. The number of nitrogens with two attached hydrogens (primary N) is 1. The van der Waals surface area contributed by atoms with Gasteiger partial charge in [0.05, 0.1) is 7.11 Å². The van der Waals surface area contributed by atoms with E-state index in [-0.39, 0.29) is 17.7 Å². The number of carbonyl (C=O) groups excluding carboxylic acids is 1. The van der Waals surface area contributed by atoms with E-state index in [1.807, 2.05) is 25.1 Å². The average molecular weight is 275 g/mol. The largest absolute Gasteiger partial charge is 0.496 e. The topological polar surface area (TPSA) is 97.1 Å². The Kier molecular flexibility index (Phi) is 3.88. The van der Waals surface area contributed by atoms with E-state index in [1.54, 1.807) is 14.2 Å². The minimum absolute atomic E-state index is 0.0508. The molecule has 106 valence electrons. The highest BCUT2D eigenvalue weighted by atomic mass is 16.5. The molecule has 7 nitrogen and oxygen atoms in total. The van der Waals surface area contributed by atoms with Gasteiger partial charge in [-0.05, 0) is 13.0 Å². The summed E-state index contributed by atoms with van der Waals surface area (Å²) in [5.41, 5.74) is 7.42. The fraction of sp³-hybridized carbons (Fsp3) is 0.308. The van der Waals surface area contributed by atoms with Crippen molar-refractivity contribution < 1.29 is 9.53 Å². The third kappa shape index (κ3) is 2.87. The second-order valence-corrected chi connectivity index (χ2v) is 4.52. The van der Waals surface area contributed by atoms with E-state index in [0.717, 1.165) is 16.9 Å². The van der Waals surface area contributed by atoms with Gasteiger partial charge in [-0.1, -0.05) is 17.7 Å². The number of hydrogen-bond donors (Lipinski definition) is 2. The standard InChI is InChI=1S/C13H17N5O2/c1-8-4-5-10(20-3)9(6-8)7-18(2)12(19)11-15-13(14)17-16-11/h4-6H,7H2,1-3H3,(H3,14,15,16,17). The summed E-state index contributed by atoms with van der Waals surface area (Å²) in [6, 6.07) is 5.83. The maximum atomic E-state index is 12.1. The van der Waals surface area contributed by atoms with Crippen LogP contribution >= 0.6 is 0 Å². The van der Waals surface area contributed by atoms with Crippen LogP contribution in [0.25, 0.3) is 0 Å². The number of aromatic nitrogens is 3. The van der Waals surface area contributed by atoms with Gasteiger partial charge in [-0.3, -0.25) is 9.89 Å². The average Bonchev–Trinajstić information content (AvgIpc) is 2.84. The highest BCUT2D eigenvalue weighted by molar-refractivity contribution is 5.90. The van der Waals surface area contributed by atoms with Crippen LogP contribution in [0, 0.1) is 6.92 Å². The van der Waals surface area contributed by atoms with E-state index < -0.39 is 0 Å². The van der Waals surface area contributed by atoms with E-state index in [2.05, 4.69) is 15.2 Å². The molecule has 7 heteroatoms. The van der Waals surface area contributed by atoms with Gasteiger partial charge < -0.3 is 15.4 Å². The van der Waals surface area contributed by atoms with Crippen molar-refractivity contribution in [1.82, 2.24) is 20.1 Å². The molecule has 1 heterocycles. The number of nitrogens with one attached hydrogen (secondary N) is 1. The fourth-order valence-electron chi connectivity index (χ4n) is 1.91. The van der Waals surface area contributed by atoms with Gasteiger partial charge in [-0.15, -0.1) is 5.10 Å². The summed E-state index contributed by atoms with van der Waals surface area (Å²) < 4.78 is 5.30. The Bertz CT molecular complexity index is 623. The first kappa shape index (κ1) is 13.9. The van der Waals surface area contributed by atoms with E-state index in [1.165, 1.54) is 4.90 Å². The smallest absolute Gasteiger partial charge is 0.291 e. The number of rotatable bonds is 4. The number of hydrogen-bond acceptors (Lipinski definition) is 5. The molecule has 0 aliphatic carbocycles. The lowest BCUT2D eigenvalue weighted by molar-refractivity contribution is 0.0772. The lowest BCUT2D eigenvalue weighted by Gasteiger charge is -2.18. The van der Waals surface area contributed by atoms with Crippen LogP contribution < -0.4 is 10.5 Å². The fourth-order valence-corrected chi connectivity index (χ4v) is 1.91. The van der Waals surface area contributed by atoms with Crippen molar-refractivity contribution >= 4 is 11.9 Å². The molecule has 0 bridgehead atoms. The second kappa shape index (κ2) is 5.60. The molecule has 2 aromatic rings. The summed E-state index contributed by atoms with van der Waals surface area (Å²) in [6.45, 7) is 2.40. The summed E-state index contributed by atoms with van der Waals surface area (Å²) in [6.07, 6.45) is 0. The van der Waals surface area contributed by atoms with Crippen LogP contribution in [0.1, 0.15) is 21.7 Å². The number of anilines is 1. The summed E-state index contributed by atoms with van der Waals surface area (Å²) in [4.78, 5) is 17.5. The first-order chi connectivity index (χ1) is 9.51. The minimum Gasteiger partial charge on any atom is -0.496 e.